The Morgan fingerprint density at radius 2 is 1.52 bits per heavy atom. The van der Waals surface area contributed by atoms with Gasteiger partial charge >= 0.3 is 0 Å². The molecule has 0 saturated carbocycles. The van der Waals surface area contributed by atoms with Gasteiger partial charge in [0.15, 0.2) is 0 Å². The molecule has 1 heterocycles. The van der Waals surface area contributed by atoms with Crippen LogP contribution in [0.3, 0.4) is 0 Å². The van der Waals surface area contributed by atoms with Crippen molar-refractivity contribution in [1.82, 2.24) is 15.0 Å². The zero-order chi connectivity index (χ0) is 23.7. The second-order valence-electron chi connectivity index (χ2n) is 7.24. The molecule has 1 unspecified atom stereocenters. The van der Waals surface area contributed by atoms with E-state index in [-0.39, 0.29) is 0 Å². The first-order chi connectivity index (χ1) is 15.6. The van der Waals surface area contributed by atoms with Gasteiger partial charge in [-0.05, 0) is 11.6 Å². The molecule has 170 valence electrons. The fourth-order valence-electron chi connectivity index (χ4n) is 3.72. The largest absolute Gasteiger partial charge is 0.294 e. The van der Waals surface area contributed by atoms with Gasteiger partial charge in [-0.25, -0.2) is 0 Å². The Bertz CT molecular complexity index is 1430. The fourth-order valence-corrected chi connectivity index (χ4v) is 6.61. The summed E-state index contributed by atoms with van der Waals surface area (Å²) in [6.45, 7) is 0. The molecule has 33 heavy (non-hydrogen) atoms. The van der Waals surface area contributed by atoms with Gasteiger partial charge in [0.2, 0.25) is 0 Å². The molecule has 0 spiro atoms. The number of nitrogens with zero attached hydrogens (tertiary/aromatic N) is 3. The summed E-state index contributed by atoms with van der Waals surface area (Å²) in [6, 6.07) is 17.6. The zero-order valence-electron chi connectivity index (χ0n) is 17.0. The van der Waals surface area contributed by atoms with Gasteiger partial charge in [0.1, 0.15) is 11.4 Å². The summed E-state index contributed by atoms with van der Waals surface area (Å²) in [5.74, 6) is -1.49. The lowest BCUT2D eigenvalue weighted by Crippen LogP contribution is -2.54. The number of rotatable bonds is 6. The molecule has 0 aliphatic heterocycles. The smallest absolute Gasteiger partial charge is 0.284 e. The molecule has 3 aromatic rings. The third-order valence-electron chi connectivity index (χ3n) is 5.21. The summed E-state index contributed by atoms with van der Waals surface area (Å²) in [6.07, 6.45) is 7.89. The second kappa shape index (κ2) is 8.52. The van der Waals surface area contributed by atoms with Crippen molar-refractivity contribution in [2.45, 2.75) is 4.08 Å². The van der Waals surface area contributed by atoms with E-state index < -0.39 is 35.9 Å². The highest BCUT2D eigenvalue weighted by molar-refractivity contribution is 8.06. The summed E-state index contributed by atoms with van der Waals surface area (Å²) in [7, 11) is -10.9. The second-order valence-corrected chi connectivity index (χ2v) is 10.7. The minimum Gasteiger partial charge on any atom is -0.284 e. The van der Waals surface area contributed by atoms with Gasteiger partial charge in [0, 0.05) is 11.5 Å². The highest BCUT2D eigenvalue weighted by Gasteiger charge is 2.63. The normalized spacial score (nSPS) is 18.4. The first-order valence-electron chi connectivity index (χ1n) is 9.69. The number of aromatic nitrogens is 3. The van der Waals surface area contributed by atoms with Crippen LogP contribution < -0.4 is 0 Å². The third-order valence-corrected chi connectivity index (χ3v) is 8.97. The number of allylic oxidation sites excluding steroid dienone is 4. The molecule has 1 aliphatic rings. The molecule has 11 heteroatoms. The van der Waals surface area contributed by atoms with Crippen molar-refractivity contribution in [2.24, 2.45) is 5.92 Å². The van der Waals surface area contributed by atoms with E-state index in [0.717, 1.165) is 10.9 Å². The maximum Gasteiger partial charge on any atom is 0.294 e. The van der Waals surface area contributed by atoms with Crippen LogP contribution in [-0.4, -0.2) is 45.0 Å². The van der Waals surface area contributed by atoms with E-state index in [2.05, 4.69) is 10.2 Å². The Balaban J connectivity index is 1.89. The summed E-state index contributed by atoms with van der Waals surface area (Å²) < 4.78 is 67.9. The Morgan fingerprint density at radius 1 is 0.909 bits per heavy atom. The molecule has 0 amide bonds. The van der Waals surface area contributed by atoms with Crippen molar-refractivity contribution in [3.63, 3.8) is 0 Å². The van der Waals surface area contributed by atoms with Crippen LogP contribution in [0.15, 0.2) is 91.2 Å². The highest BCUT2D eigenvalue weighted by atomic mass is 32.3. The Hall–Kier alpha value is -3.38. The molecule has 4 rings (SSSR count). The maximum absolute atomic E-state index is 12.7. The molecule has 0 bridgehead atoms. The van der Waals surface area contributed by atoms with E-state index in [4.69, 9.17) is 0 Å². The van der Waals surface area contributed by atoms with Crippen molar-refractivity contribution in [1.29, 1.82) is 0 Å². The summed E-state index contributed by atoms with van der Waals surface area (Å²) in [5, 5.41) is 8.23. The van der Waals surface area contributed by atoms with E-state index in [9.17, 15) is 25.9 Å². The van der Waals surface area contributed by atoms with Gasteiger partial charge in [-0.15, -0.1) is 5.10 Å². The Morgan fingerprint density at radius 3 is 2.12 bits per heavy atom. The standard InChI is InChI=1S/C22H19N3O6S2/c26-32(27,28)22(33(29,30)31)19(15-14-17-8-3-1-4-9-17)12-7-13-21(22)25-23-16-20(24-25)18-10-5-2-6-11-18/h1-16,19H,(H,26,27,28)(H,29,30,31). The molecular formula is C22H19N3O6S2. The third kappa shape index (κ3) is 4.07. The van der Waals surface area contributed by atoms with Crippen molar-refractivity contribution in [3.8, 4) is 11.3 Å². The highest BCUT2D eigenvalue weighted by Crippen LogP contribution is 2.45. The topological polar surface area (TPSA) is 139 Å². The summed E-state index contributed by atoms with van der Waals surface area (Å²) in [5.41, 5.74) is 1.10. The predicted octanol–water partition coefficient (Wildman–Crippen LogP) is 3.16. The van der Waals surface area contributed by atoms with E-state index in [1.54, 1.807) is 60.7 Å². The SMILES string of the molecule is O=S(=O)(O)C1(S(=O)(=O)O)C(n2ncc(-c3ccccc3)n2)=CC=CC1C=Cc1ccccc1. The van der Waals surface area contributed by atoms with E-state index in [0.29, 0.717) is 16.8 Å². The van der Waals surface area contributed by atoms with E-state index in [1.165, 1.54) is 30.5 Å². The molecule has 1 aliphatic carbocycles. The lowest BCUT2D eigenvalue weighted by Gasteiger charge is -2.35. The first-order valence-corrected chi connectivity index (χ1v) is 12.6. The lowest BCUT2D eigenvalue weighted by molar-refractivity contribution is 0.422. The molecule has 2 aromatic carbocycles. The Labute approximate surface area is 190 Å². The quantitative estimate of drug-likeness (QED) is 0.508. The minimum atomic E-state index is -5.46. The average Bonchev–Trinajstić information content (AvgIpc) is 3.27. The van der Waals surface area contributed by atoms with Crippen LogP contribution in [0.1, 0.15) is 5.56 Å². The summed E-state index contributed by atoms with van der Waals surface area (Å²) in [4.78, 5) is 0.788. The van der Waals surface area contributed by atoms with Gasteiger partial charge in [-0.3, -0.25) is 9.11 Å². The van der Waals surface area contributed by atoms with Gasteiger partial charge in [-0.2, -0.15) is 26.7 Å². The van der Waals surface area contributed by atoms with Crippen LogP contribution in [0.4, 0.5) is 0 Å². The van der Waals surface area contributed by atoms with Crippen molar-refractivity contribution in [3.05, 3.63) is 96.7 Å². The molecule has 2 N–H and O–H groups in total. The number of benzene rings is 2. The van der Waals surface area contributed by atoms with Crippen LogP contribution in [0.2, 0.25) is 0 Å². The first kappa shape index (κ1) is 22.8. The van der Waals surface area contributed by atoms with Gasteiger partial charge in [0.25, 0.3) is 24.3 Å². The van der Waals surface area contributed by atoms with Crippen molar-refractivity contribution < 1.29 is 25.9 Å². The predicted molar refractivity (Wildman–Crippen MR) is 124 cm³/mol. The van der Waals surface area contributed by atoms with Crippen LogP contribution in [0.5, 0.6) is 0 Å². The van der Waals surface area contributed by atoms with Crippen LogP contribution in [-0.2, 0) is 20.2 Å². The molecule has 9 nitrogen and oxygen atoms in total. The molecule has 1 aromatic heterocycles. The monoisotopic (exact) mass is 485 g/mol. The fraction of sp³-hybridized carbons (Fsp3) is 0.0909. The number of hydrogen-bond donors (Lipinski definition) is 2. The van der Waals surface area contributed by atoms with E-state index >= 15 is 0 Å². The molecule has 0 saturated heterocycles. The average molecular weight is 486 g/mol. The lowest BCUT2D eigenvalue weighted by atomic mass is 9.95. The van der Waals surface area contributed by atoms with Crippen LogP contribution >= 0.6 is 0 Å². The number of hydrogen-bond acceptors (Lipinski definition) is 6. The van der Waals surface area contributed by atoms with Crippen LogP contribution in [0, 0.1) is 5.92 Å². The van der Waals surface area contributed by atoms with E-state index in [1.807, 2.05) is 0 Å². The molecule has 0 fully saturated rings. The summed E-state index contributed by atoms with van der Waals surface area (Å²) >= 11 is 0. The van der Waals surface area contributed by atoms with Crippen molar-refractivity contribution >= 4 is 32.0 Å². The molecular weight excluding hydrogens is 466 g/mol. The maximum atomic E-state index is 12.7. The molecule has 0 radical (unpaired) electrons. The Kier molecular flexibility index (Phi) is 5.89. The molecule has 1 atom stereocenters. The zero-order valence-corrected chi connectivity index (χ0v) is 18.6. The van der Waals surface area contributed by atoms with Crippen LogP contribution in [0.25, 0.3) is 23.0 Å². The minimum absolute atomic E-state index is 0.335. The van der Waals surface area contributed by atoms with Gasteiger partial charge in [0.05, 0.1) is 6.20 Å². The van der Waals surface area contributed by atoms with Crippen molar-refractivity contribution in [2.75, 3.05) is 0 Å². The van der Waals surface area contributed by atoms with Gasteiger partial charge < -0.3 is 0 Å². The van der Waals surface area contributed by atoms with Gasteiger partial charge in [-0.1, -0.05) is 85.0 Å².